The Morgan fingerprint density at radius 3 is 2.29 bits per heavy atom. The summed E-state index contributed by atoms with van der Waals surface area (Å²) in [7, 11) is 0. The molecule has 0 saturated heterocycles. The third kappa shape index (κ3) is 2.52. The van der Waals surface area contributed by atoms with Crippen LogP contribution in [-0.4, -0.2) is 23.6 Å². The summed E-state index contributed by atoms with van der Waals surface area (Å²) in [6.45, 7) is 0. The predicted molar refractivity (Wildman–Crippen MR) is 91.5 cm³/mol. The number of hydrogen-bond acceptors (Lipinski definition) is 3. The van der Waals surface area contributed by atoms with Gasteiger partial charge in [0, 0.05) is 12.0 Å². The Hall–Kier alpha value is -1.84. The van der Waals surface area contributed by atoms with Gasteiger partial charge in [-0.25, -0.2) is 0 Å². The summed E-state index contributed by atoms with van der Waals surface area (Å²) < 4.78 is 5.91. The van der Waals surface area contributed by atoms with Crippen molar-refractivity contribution >= 4 is 11.9 Å². The maximum atomic E-state index is 12.2. The molecule has 1 heterocycles. The van der Waals surface area contributed by atoms with Crippen molar-refractivity contribution in [1.29, 1.82) is 0 Å². The average Bonchev–Trinajstić information content (AvgIpc) is 2.85. The molecule has 5 aliphatic rings. The Morgan fingerprint density at radius 2 is 1.67 bits per heavy atom. The van der Waals surface area contributed by atoms with Crippen LogP contribution in [0, 0.1) is 17.8 Å². The molecule has 1 amide bonds. The lowest BCUT2D eigenvalue weighted by atomic mass is 9.53. The van der Waals surface area contributed by atoms with Crippen molar-refractivity contribution < 1.29 is 9.53 Å². The minimum Gasteiger partial charge on any atom is -0.451 e. The van der Waals surface area contributed by atoms with E-state index in [1.165, 1.54) is 38.5 Å². The zero-order valence-electron chi connectivity index (χ0n) is 13.9. The van der Waals surface area contributed by atoms with Gasteiger partial charge in [-0.3, -0.25) is 4.79 Å². The number of carbonyl (C=O) groups is 1. The lowest BCUT2D eigenvalue weighted by molar-refractivity contribution is -0.122. The van der Waals surface area contributed by atoms with Crippen LogP contribution < -0.4 is 5.32 Å². The summed E-state index contributed by atoms with van der Waals surface area (Å²) in [4.78, 5) is 16.4. The smallest absolute Gasteiger partial charge is 0.293 e. The molecule has 1 atom stereocenters. The van der Waals surface area contributed by atoms with Gasteiger partial charge in [-0.05, 0) is 61.8 Å². The average molecular weight is 324 g/mol. The summed E-state index contributed by atoms with van der Waals surface area (Å²) in [5, 5.41) is 3.58. The van der Waals surface area contributed by atoms with E-state index in [0.717, 1.165) is 23.3 Å². The molecule has 1 aliphatic heterocycles. The molecule has 0 aromatic heterocycles. The van der Waals surface area contributed by atoms with Gasteiger partial charge < -0.3 is 10.1 Å². The minimum absolute atomic E-state index is 0.134. The van der Waals surface area contributed by atoms with Gasteiger partial charge in [-0.2, -0.15) is 4.99 Å². The maximum Gasteiger partial charge on any atom is 0.293 e. The summed E-state index contributed by atoms with van der Waals surface area (Å²) in [5.41, 5.74) is 1.25. The van der Waals surface area contributed by atoms with E-state index in [2.05, 4.69) is 10.3 Å². The summed E-state index contributed by atoms with van der Waals surface area (Å²) in [5.74, 6) is 2.44. The van der Waals surface area contributed by atoms with E-state index < -0.39 is 6.10 Å². The van der Waals surface area contributed by atoms with E-state index in [-0.39, 0.29) is 11.4 Å². The quantitative estimate of drug-likeness (QED) is 0.929. The molecule has 4 nitrogen and oxygen atoms in total. The lowest BCUT2D eigenvalue weighted by Crippen LogP contribution is -2.60. The van der Waals surface area contributed by atoms with Crippen LogP contribution in [0.5, 0.6) is 0 Å². The molecule has 1 N–H and O–H groups in total. The normalized spacial score (nSPS) is 39.7. The first-order chi connectivity index (χ1) is 11.7. The number of ether oxygens (including phenoxy) is 1. The van der Waals surface area contributed by atoms with Crippen molar-refractivity contribution in [3.05, 3.63) is 35.9 Å². The number of amidine groups is 1. The highest BCUT2D eigenvalue weighted by atomic mass is 16.5. The molecule has 0 spiro atoms. The lowest BCUT2D eigenvalue weighted by Gasteiger charge is -2.56. The molecular formula is C20H24N2O2. The van der Waals surface area contributed by atoms with Crippen LogP contribution in [0.4, 0.5) is 0 Å². The number of carbonyl (C=O) groups excluding carboxylic acids is 1. The van der Waals surface area contributed by atoms with Crippen molar-refractivity contribution in [2.24, 2.45) is 22.7 Å². The molecule has 24 heavy (non-hydrogen) atoms. The van der Waals surface area contributed by atoms with Gasteiger partial charge >= 0.3 is 0 Å². The number of aliphatic imine (C=N–C) groups is 1. The number of amides is 1. The van der Waals surface area contributed by atoms with Crippen molar-refractivity contribution in [3.8, 4) is 0 Å². The van der Waals surface area contributed by atoms with E-state index in [0.29, 0.717) is 12.4 Å². The molecule has 4 heteroatoms. The largest absolute Gasteiger partial charge is 0.451 e. The van der Waals surface area contributed by atoms with Gasteiger partial charge in [0.05, 0.1) is 0 Å². The number of nitrogens with zero attached hydrogens (tertiary/aromatic N) is 1. The Balaban J connectivity index is 1.27. The second kappa shape index (κ2) is 5.33. The summed E-state index contributed by atoms with van der Waals surface area (Å²) >= 11 is 0. The van der Waals surface area contributed by atoms with E-state index in [1.807, 2.05) is 30.3 Å². The van der Waals surface area contributed by atoms with E-state index in [4.69, 9.17) is 4.74 Å². The second-order valence-electron chi connectivity index (χ2n) is 8.37. The molecule has 4 saturated carbocycles. The Labute approximate surface area is 142 Å². The highest BCUT2D eigenvalue weighted by molar-refractivity contribution is 5.98. The van der Waals surface area contributed by atoms with Crippen LogP contribution in [0.1, 0.15) is 44.1 Å². The molecular weight excluding hydrogens is 300 g/mol. The molecule has 4 fully saturated rings. The third-order valence-corrected chi connectivity index (χ3v) is 6.42. The van der Waals surface area contributed by atoms with E-state index >= 15 is 0 Å². The van der Waals surface area contributed by atoms with E-state index in [1.54, 1.807) is 0 Å². The van der Waals surface area contributed by atoms with Gasteiger partial charge in [0.2, 0.25) is 0 Å². The summed E-state index contributed by atoms with van der Waals surface area (Å²) in [6, 6.07) is 10.5. The monoisotopic (exact) mass is 324 g/mol. The SMILES string of the molecule is O=C1N=C(NC23CC4CC(CC(C4)C2)C3)OC1Cc1ccccc1. The van der Waals surface area contributed by atoms with Crippen LogP contribution in [0.25, 0.3) is 0 Å². The molecule has 1 aromatic carbocycles. The van der Waals surface area contributed by atoms with Crippen molar-refractivity contribution in [1.82, 2.24) is 5.32 Å². The first-order valence-corrected chi connectivity index (χ1v) is 9.29. The van der Waals surface area contributed by atoms with Crippen LogP contribution in [0.15, 0.2) is 35.3 Å². The zero-order valence-corrected chi connectivity index (χ0v) is 13.9. The second-order valence-corrected chi connectivity index (χ2v) is 8.37. The Kier molecular flexibility index (Phi) is 3.22. The predicted octanol–water partition coefficient (Wildman–Crippen LogP) is 3.07. The third-order valence-electron chi connectivity index (χ3n) is 6.42. The fraction of sp³-hybridized carbons (Fsp3) is 0.600. The highest BCUT2D eigenvalue weighted by Gasteiger charge is 2.52. The topological polar surface area (TPSA) is 50.7 Å². The van der Waals surface area contributed by atoms with Gasteiger partial charge in [0.1, 0.15) is 0 Å². The van der Waals surface area contributed by atoms with Crippen molar-refractivity contribution in [3.63, 3.8) is 0 Å². The number of nitrogens with one attached hydrogen (secondary N) is 1. The van der Waals surface area contributed by atoms with Crippen molar-refractivity contribution in [2.75, 3.05) is 0 Å². The van der Waals surface area contributed by atoms with Crippen LogP contribution in [-0.2, 0) is 16.0 Å². The summed E-state index contributed by atoms with van der Waals surface area (Å²) in [6.07, 6.45) is 8.01. The standard InChI is InChI=1S/C20H24N2O2/c23-18-17(9-13-4-2-1-3-5-13)24-19(21-18)22-20-10-14-6-15(11-20)8-16(7-14)12-20/h1-5,14-17H,6-12H2,(H,21,22,23). The number of rotatable bonds is 3. The van der Waals surface area contributed by atoms with Gasteiger partial charge in [-0.15, -0.1) is 0 Å². The molecule has 1 aromatic rings. The molecule has 4 aliphatic carbocycles. The fourth-order valence-corrected chi connectivity index (χ4v) is 5.89. The Morgan fingerprint density at radius 1 is 1.04 bits per heavy atom. The number of benzene rings is 1. The Bertz CT molecular complexity index is 647. The molecule has 6 rings (SSSR count). The van der Waals surface area contributed by atoms with Crippen LogP contribution >= 0.6 is 0 Å². The van der Waals surface area contributed by atoms with E-state index in [9.17, 15) is 4.79 Å². The van der Waals surface area contributed by atoms with Crippen LogP contribution in [0.3, 0.4) is 0 Å². The molecule has 4 bridgehead atoms. The van der Waals surface area contributed by atoms with Crippen LogP contribution in [0.2, 0.25) is 0 Å². The van der Waals surface area contributed by atoms with Gasteiger partial charge in [-0.1, -0.05) is 30.3 Å². The van der Waals surface area contributed by atoms with Gasteiger partial charge in [0.25, 0.3) is 11.9 Å². The molecule has 126 valence electrons. The number of hydrogen-bond donors (Lipinski definition) is 1. The fourth-order valence-electron chi connectivity index (χ4n) is 5.89. The van der Waals surface area contributed by atoms with Crippen molar-refractivity contribution in [2.45, 2.75) is 56.6 Å². The first-order valence-electron chi connectivity index (χ1n) is 9.29. The maximum absolute atomic E-state index is 12.2. The molecule has 1 unspecified atom stereocenters. The molecule has 0 radical (unpaired) electrons. The minimum atomic E-state index is -0.469. The van der Waals surface area contributed by atoms with Gasteiger partial charge in [0.15, 0.2) is 6.10 Å². The highest BCUT2D eigenvalue weighted by Crippen LogP contribution is 2.55. The zero-order chi connectivity index (χ0) is 16.1. The first kappa shape index (κ1) is 14.5.